The van der Waals surface area contributed by atoms with E-state index in [-0.39, 0.29) is 0 Å². The molecule has 0 aromatic carbocycles. The predicted molar refractivity (Wildman–Crippen MR) is 51.3 cm³/mol. The number of hydrogen-bond acceptors (Lipinski definition) is 2. The Morgan fingerprint density at radius 2 is 2.00 bits per heavy atom. The average Bonchev–Trinajstić information content (AvgIpc) is 2.33. The van der Waals surface area contributed by atoms with E-state index < -0.39 is 0 Å². The van der Waals surface area contributed by atoms with Gasteiger partial charge in [-0.2, -0.15) is 0 Å². The lowest BCUT2D eigenvalue weighted by atomic mass is 10.1. The molecule has 0 aliphatic carbocycles. The van der Waals surface area contributed by atoms with E-state index in [1.807, 2.05) is 0 Å². The van der Waals surface area contributed by atoms with Crippen LogP contribution in [0, 0.1) is 0 Å². The minimum atomic E-state index is 0.356. The predicted octanol–water partition coefficient (Wildman–Crippen LogP) is 1.89. The number of likely N-dealkylation sites (N-methyl/N-ethyl adjacent to an activating group) is 1. The lowest BCUT2D eigenvalue weighted by Crippen LogP contribution is -2.37. The van der Waals surface area contributed by atoms with Gasteiger partial charge in [-0.05, 0) is 47.2 Å². The first kappa shape index (κ1) is 10.0. The Morgan fingerprint density at radius 3 is 2.42 bits per heavy atom. The van der Waals surface area contributed by atoms with Crippen molar-refractivity contribution in [2.24, 2.45) is 0 Å². The summed E-state index contributed by atoms with van der Waals surface area (Å²) in [6.07, 6.45) is 3.36. The van der Waals surface area contributed by atoms with Gasteiger partial charge in [-0.25, -0.2) is 0 Å². The molecule has 0 radical (unpaired) electrons. The maximum absolute atomic E-state index is 5.76. The summed E-state index contributed by atoms with van der Waals surface area (Å²) in [5.74, 6) is 0. The molecule has 0 spiro atoms. The summed E-state index contributed by atoms with van der Waals surface area (Å²) >= 11 is 0. The first-order valence-corrected chi connectivity index (χ1v) is 4.97. The van der Waals surface area contributed by atoms with Gasteiger partial charge in [0, 0.05) is 6.04 Å². The molecular weight excluding hydrogens is 150 g/mol. The van der Waals surface area contributed by atoms with E-state index in [0.29, 0.717) is 18.2 Å². The SMILES string of the molecule is CC(C)O[C@H](C)[C@H]1CCCN1C. The topological polar surface area (TPSA) is 12.5 Å². The number of ether oxygens (including phenoxy) is 1. The van der Waals surface area contributed by atoms with Crippen molar-refractivity contribution in [1.29, 1.82) is 0 Å². The van der Waals surface area contributed by atoms with Crippen LogP contribution in [-0.4, -0.2) is 36.7 Å². The highest BCUT2D eigenvalue weighted by atomic mass is 16.5. The van der Waals surface area contributed by atoms with Crippen molar-refractivity contribution < 1.29 is 4.74 Å². The van der Waals surface area contributed by atoms with Gasteiger partial charge in [-0.3, -0.25) is 0 Å². The Bertz CT molecular complexity index is 136. The molecule has 1 rings (SSSR count). The first-order chi connectivity index (χ1) is 5.61. The molecule has 0 unspecified atom stereocenters. The van der Waals surface area contributed by atoms with Gasteiger partial charge in [0.15, 0.2) is 0 Å². The Labute approximate surface area is 75.9 Å². The van der Waals surface area contributed by atoms with E-state index in [1.54, 1.807) is 0 Å². The van der Waals surface area contributed by atoms with Crippen LogP contribution in [0.5, 0.6) is 0 Å². The smallest absolute Gasteiger partial charge is 0.0705 e. The van der Waals surface area contributed by atoms with Crippen molar-refractivity contribution in [3.05, 3.63) is 0 Å². The molecule has 0 bridgehead atoms. The Balaban J connectivity index is 2.35. The van der Waals surface area contributed by atoms with Crippen LogP contribution in [0.4, 0.5) is 0 Å². The van der Waals surface area contributed by atoms with E-state index in [1.165, 1.54) is 19.4 Å². The van der Waals surface area contributed by atoms with Gasteiger partial charge in [-0.1, -0.05) is 0 Å². The van der Waals surface area contributed by atoms with Gasteiger partial charge < -0.3 is 9.64 Å². The van der Waals surface area contributed by atoms with Crippen molar-refractivity contribution in [3.63, 3.8) is 0 Å². The molecule has 0 amide bonds. The zero-order chi connectivity index (χ0) is 9.14. The average molecular weight is 171 g/mol. The summed E-state index contributed by atoms with van der Waals surface area (Å²) in [4.78, 5) is 2.41. The summed E-state index contributed by atoms with van der Waals surface area (Å²) in [7, 11) is 2.19. The third-order valence-electron chi connectivity index (χ3n) is 2.61. The minimum absolute atomic E-state index is 0.356. The fourth-order valence-electron chi connectivity index (χ4n) is 2.05. The van der Waals surface area contributed by atoms with E-state index in [4.69, 9.17) is 4.74 Å². The third-order valence-corrected chi connectivity index (χ3v) is 2.61. The van der Waals surface area contributed by atoms with Crippen LogP contribution in [0.25, 0.3) is 0 Å². The number of hydrogen-bond donors (Lipinski definition) is 0. The van der Waals surface area contributed by atoms with Crippen molar-refractivity contribution in [1.82, 2.24) is 4.90 Å². The molecule has 1 aliphatic heterocycles. The monoisotopic (exact) mass is 171 g/mol. The van der Waals surface area contributed by atoms with E-state index in [9.17, 15) is 0 Å². The summed E-state index contributed by atoms with van der Waals surface area (Å²) in [5.41, 5.74) is 0. The van der Waals surface area contributed by atoms with Crippen LogP contribution in [-0.2, 0) is 4.74 Å². The van der Waals surface area contributed by atoms with Crippen molar-refractivity contribution in [2.45, 2.75) is 51.9 Å². The largest absolute Gasteiger partial charge is 0.374 e. The second kappa shape index (κ2) is 4.24. The van der Waals surface area contributed by atoms with E-state index >= 15 is 0 Å². The van der Waals surface area contributed by atoms with Crippen LogP contribution in [0.2, 0.25) is 0 Å². The highest BCUT2D eigenvalue weighted by Crippen LogP contribution is 2.20. The third kappa shape index (κ3) is 2.46. The summed E-state index contributed by atoms with van der Waals surface area (Å²) in [5, 5.41) is 0. The van der Waals surface area contributed by atoms with Crippen LogP contribution in [0.1, 0.15) is 33.6 Å². The van der Waals surface area contributed by atoms with Gasteiger partial charge in [0.1, 0.15) is 0 Å². The summed E-state index contributed by atoms with van der Waals surface area (Å²) in [6, 6.07) is 0.646. The zero-order valence-corrected chi connectivity index (χ0v) is 8.71. The highest BCUT2D eigenvalue weighted by molar-refractivity contribution is 4.81. The fraction of sp³-hybridized carbons (Fsp3) is 1.00. The van der Waals surface area contributed by atoms with Crippen molar-refractivity contribution in [3.8, 4) is 0 Å². The molecule has 2 nitrogen and oxygen atoms in total. The second-order valence-corrected chi connectivity index (χ2v) is 4.08. The number of rotatable bonds is 3. The normalized spacial score (nSPS) is 28.2. The molecule has 0 aromatic rings. The molecular formula is C10H21NO. The molecule has 72 valence electrons. The van der Waals surface area contributed by atoms with Gasteiger partial charge in [0.2, 0.25) is 0 Å². The van der Waals surface area contributed by atoms with Crippen LogP contribution in [0.15, 0.2) is 0 Å². The Hall–Kier alpha value is -0.0800. The fourth-order valence-corrected chi connectivity index (χ4v) is 2.05. The van der Waals surface area contributed by atoms with Gasteiger partial charge >= 0.3 is 0 Å². The van der Waals surface area contributed by atoms with Crippen molar-refractivity contribution >= 4 is 0 Å². The first-order valence-electron chi connectivity index (χ1n) is 4.97. The van der Waals surface area contributed by atoms with Crippen molar-refractivity contribution in [2.75, 3.05) is 13.6 Å². The molecule has 1 saturated heterocycles. The molecule has 2 atom stereocenters. The van der Waals surface area contributed by atoms with Crippen LogP contribution in [0.3, 0.4) is 0 Å². The number of nitrogens with zero attached hydrogens (tertiary/aromatic N) is 1. The number of likely N-dealkylation sites (tertiary alicyclic amines) is 1. The van der Waals surface area contributed by atoms with Crippen LogP contribution >= 0.6 is 0 Å². The molecule has 0 N–H and O–H groups in total. The maximum Gasteiger partial charge on any atom is 0.0705 e. The molecule has 0 saturated carbocycles. The summed E-state index contributed by atoms with van der Waals surface area (Å²) in [6.45, 7) is 7.62. The van der Waals surface area contributed by atoms with E-state index in [0.717, 1.165) is 0 Å². The van der Waals surface area contributed by atoms with Crippen LogP contribution < -0.4 is 0 Å². The molecule has 12 heavy (non-hydrogen) atoms. The molecule has 2 heteroatoms. The lowest BCUT2D eigenvalue weighted by Gasteiger charge is -2.27. The minimum Gasteiger partial charge on any atom is -0.374 e. The quantitative estimate of drug-likeness (QED) is 0.643. The molecule has 0 aromatic heterocycles. The van der Waals surface area contributed by atoms with Gasteiger partial charge in [0.05, 0.1) is 12.2 Å². The Morgan fingerprint density at radius 1 is 1.33 bits per heavy atom. The maximum atomic E-state index is 5.76. The Kier molecular flexibility index (Phi) is 3.53. The standard InChI is InChI=1S/C10H21NO/c1-8(2)12-9(3)10-6-5-7-11(10)4/h8-10H,5-7H2,1-4H3/t9-,10-/m1/s1. The molecule has 1 aliphatic rings. The zero-order valence-electron chi connectivity index (χ0n) is 8.71. The molecule has 1 heterocycles. The van der Waals surface area contributed by atoms with Gasteiger partial charge in [-0.15, -0.1) is 0 Å². The highest BCUT2D eigenvalue weighted by Gasteiger charge is 2.27. The van der Waals surface area contributed by atoms with E-state index in [2.05, 4.69) is 32.7 Å². The lowest BCUT2D eigenvalue weighted by molar-refractivity contribution is -0.0201. The summed E-state index contributed by atoms with van der Waals surface area (Å²) < 4.78 is 5.76. The second-order valence-electron chi connectivity index (χ2n) is 4.08. The van der Waals surface area contributed by atoms with Gasteiger partial charge in [0.25, 0.3) is 0 Å². The molecule has 1 fully saturated rings.